The number of benzene rings is 1. The molecule has 0 bridgehead atoms. The Morgan fingerprint density at radius 2 is 1.89 bits per heavy atom. The highest BCUT2D eigenvalue weighted by atomic mass is 79.9. The Kier molecular flexibility index (Phi) is 7.19. The molecule has 204 valence electrons. The van der Waals surface area contributed by atoms with Crippen molar-refractivity contribution in [2.45, 2.75) is 49.1 Å². The maximum atomic E-state index is 13.8. The SMILES string of the molecule is CCCC(Br)C(=O)Nc1ccc2c(c1O)C(O)=C1C(=O)C3(O)C(O)=C(C(N)=O)C(=O)[C@@H](N(C)C)C3CC1C2. The van der Waals surface area contributed by atoms with Gasteiger partial charge in [0, 0.05) is 11.5 Å². The molecule has 7 N–H and O–H groups in total. The van der Waals surface area contributed by atoms with Gasteiger partial charge in [0.25, 0.3) is 5.91 Å². The van der Waals surface area contributed by atoms with E-state index in [1.807, 2.05) is 6.92 Å². The van der Waals surface area contributed by atoms with Crippen molar-refractivity contribution in [3.05, 3.63) is 40.2 Å². The normalized spacial score (nSPS) is 27.6. The molecule has 0 spiro atoms. The van der Waals surface area contributed by atoms with Crippen LogP contribution in [0.25, 0.3) is 5.76 Å². The monoisotopic (exact) mass is 591 g/mol. The lowest BCUT2D eigenvalue weighted by Crippen LogP contribution is -2.65. The number of amides is 2. The summed E-state index contributed by atoms with van der Waals surface area (Å²) in [6.45, 7) is 1.92. The first-order chi connectivity index (χ1) is 17.8. The highest BCUT2D eigenvalue weighted by molar-refractivity contribution is 9.10. The van der Waals surface area contributed by atoms with E-state index in [0.29, 0.717) is 12.0 Å². The fourth-order valence-electron chi connectivity index (χ4n) is 5.92. The van der Waals surface area contributed by atoms with Crippen LogP contribution in [0.2, 0.25) is 0 Å². The van der Waals surface area contributed by atoms with Crippen molar-refractivity contribution in [2.75, 3.05) is 19.4 Å². The zero-order chi connectivity index (χ0) is 28.3. The van der Waals surface area contributed by atoms with Crippen molar-refractivity contribution in [2.24, 2.45) is 17.6 Å². The lowest BCUT2D eigenvalue weighted by Gasteiger charge is -2.50. The second-order valence-corrected chi connectivity index (χ2v) is 11.3. The molecule has 4 rings (SSSR count). The van der Waals surface area contributed by atoms with E-state index in [0.717, 1.165) is 6.42 Å². The third-order valence-electron chi connectivity index (χ3n) is 7.68. The van der Waals surface area contributed by atoms with Crippen LogP contribution in [0.5, 0.6) is 5.75 Å². The molecule has 0 heterocycles. The number of aromatic hydroxyl groups is 1. The standard InChI is InChI=1S/C26H30BrN3O8/c1-4-5-13(27)25(37)29-14-7-6-10-8-11-9-12-18(30(2)3)21(33)17(24(28)36)23(35)26(12,38)22(34)16(11)20(32)15(10)19(14)31/h6-7,11-13,18,31-32,35,38H,4-5,8-9H2,1-3H3,(H2,28,36)(H,29,37)/t11?,12?,13?,18-,26?/m0/s1. The number of nitrogens with zero attached hydrogens (tertiary/aromatic N) is 1. The summed E-state index contributed by atoms with van der Waals surface area (Å²) >= 11 is 3.29. The van der Waals surface area contributed by atoms with Gasteiger partial charge in [0.1, 0.15) is 22.8 Å². The Hall–Kier alpha value is -3.22. The van der Waals surface area contributed by atoms with Crippen molar-refractivity contribution in [1.29, 1.82) is 0 Å². The van der Waals surface area contributed by atoms with Crippen LogP contribution < -0.4 is 11.1 Å². The number of phenols is 1. The summed E-state index contributed by atoms with van der Waals surface area (Å²) in [5.74, 6) is -7.59. The minimum Gasteiger partial charge on any atom is -0.508 e. The van der Waals surface area contributed by atoms with Gasteiger partial charge < -0.3 is 31.5 Å². The molecule has 38 heavy (non-hydrogen) atoms. The van der Waals surface area contributed by atoms with E-state index in [2.05, 4.69) is 21.2 Å². The number of hydrogen-bond donors (Lipinski definition) is 6. The molecule has 12 heteroatoms. The smallest absolute Gasteiger partial charge is 0.255 e. The number of phenolic OH excluding ortho intramolecular Hbond substituents is 1. The first-order valence-electron chi connectivity index (χ1n) is 12.2. The number of fused-ring (bicyclic) bond motifs is 3. The van der Waals surface area contributed by atoms with Crippen LogP contribution in [0, 0.1) is 11.8 Å². The summed E-state index contributed by atoms with van der Waals surface area (Å²) in [7, 11) is 3.08. The zero-order valence-corrected chi connectivity index (χ0v) is 22.7. The molecule has 1 saturated carbocycles. The van der Waals surface area contributed by atoms with Crippen molar-refractivity contribution in [1.82, 2.24) is 4.90 Å². The van der Waals surface area contributed by atoms with Gasteiger partial charge in [-0.2, -0.15) is 0 Å². The number of primary amides is 1. The average molecular weight is 592 g/mol. The van der Waals surface area contributed by atoms with E-state index in [1.165, 1.54) is 11.0 Å². The molecule has 3 aliphatic carbocycles. The van der Waals surface area contributed by atoms with Crippen molar-refractivity contribution in [3.8, 4) is 5.75 Å². The van der Waals surface area contributed by atoms with Crippen LogP contribution in [-0.2, 0) is 25.6 Å². The highest BCUT2D eigenvalue weighted by Crippen LogP contribution is 2.53. The number of rotatable bonds is 6. The topological polar surface area (TPSA) is 190 Å². The third-order valence-corrected chi connectivity index (χ3v) is 8.55. The maximum Gasteiger partial charge on any atom is 0.255 e. The molecule has 2 amide bonds. The second kappa shape index (κ2) is 9.83. The number of aliphatic hydroxyl groups is 3. The maximum absolute atomic E-state index is 13.8. The lowest BCUT2D eigenvalue weighted by atomic mass is 9.57. The number of likely N-dealkylation sites (N-methyl/N-ethyl adjacent to an activating group) is 1. The minimum absolute atomic E-state index is 0.00724. The fraction of sp³-hybridized carbons (Fsp3) is 0.462. The van der Waals surface area contributed by atoms with E-state index >= 15 is 0 Å². The number of carbonyl (C=O) groups excluding carboxylic acids is 4. The summed E-state index contributed by atoms with van der Waals surface area (Å²) in [5, 5.41) is 47.3. The van der Waals surface area contributed by atoms with E-state index in [9.17, 15) is 39.6 Å². The quantitative estimate of drug-likeness (QED) is 0.161. The van der Waals surface area contributed by atoms with Crippen molar-refractivity contribution in [3.63, 3.8) is 0 Å². The van der Waals surface area contributed by atoms with Gasteiger partial charge in [-0.1, -0.05) is 35.3 Å². The molecule has 3 aliphatic rings. The van der Waals surface area contributed by atoms with E-state index < -0.39 is 74.5 Å². The van der Waals surface area contributed by atoms with Gasteiger partial charge in [0.15, 0.2) is 11.4 Å². The van der Waals surface area contributed by atoms with E-state index in [-0.39, 0.29) is 29.7 Å². The Morgan fingerprint density at radius 1 is 1.24 bits per heavy atom. The van der Waals surface area contributed by atoms with Gasteiger partial charge in [-0.25, -0.2) is 0 Å². The molecule has 1 aromatic carbocycles. The molecule has 0 aliphatic heterocycles. The summed E-state index contributed by atoms with van der Waals surface area (Å²) < 4.78 is 0. The number of alkyl halides is 1. The first-order valence-corrected chi connectivity index (χ1v) is 13.1. The Balaban J connectivity index is 1.84. The van der Waals surface area contributed by atoms with Gasteiger partial charge in [-0.3, -0.25) is 24.1 Å². The fourth-order valence-corrected chi connectivity index (χ4v) is 6.49. The van der Waals surface area contributed by atoms with Gasteiger partial charge in [0.05, 0.1) is 22.1 Å². The number of ketones is 2. The third kappa shape index (κ3) is 4.02. The van der Waals surface area contributed by atoms with Gasteiger partial charge >= 0.3 is 0 Å². The van der Waals surface area contributed by atoms with Crippen molar-refractivity contribution < 1.29 is 39.6 Å². The van der Waals surface area contributed by atoms with Crippen LogP contribution in [0.3, 0.4) is 0 Å². The summed E-state index contributed by atoms with van der Waals surface area (Å²) in [6.07, 6.45) is 1.49. The Labute approximate surface area is 227 Å². The zero-order valence-electron chi connectivity index (χ0n) is 21.1. The summed E-state index contributed by atoms with van der Waals surface area (Å²) in [4.78, 5) is 52.4. The molecule has 0 radical (unpaired) electrons. The number of nitrogens with two attached hydrogens (primary N) is 1. The second-order valence-electron chi connectivity index (χ2n) is 10.2. The molecule has 4 unspecified atom stereocenters. The molecule has 1 fully saturated rings. The van der Waals surface area contributed by atoms with Crippen LogP contribution in [0.4, 0.5) is 5.69 Å². The van der Waals surface area contributed by atoms with Crippen LogP contribution >= 0.6 is 15.9 Å². The Bertz CT molecular complexity index is 1320. The first kappa shape index (κ1) is 27.8. The average Bonchev–Trinajstić information content (AvgIpc) is 2.82. The predicted molar refractivity (Wildman–Crippen MR) is 140 cm³/mol. The number of Topliss-reactive ketones (excluding diaryl/α,β-unsaturated/α-hetero) is 2. The molecular formula is C26H30BrN3O8. The molecular weight excluding hydrogens is 562 g/mol. The Morgan fingerprint density at radius 3 is 2.47 bits per heavy atom. The van der Waals surface area contributed by atoms with Crippen LogP contribution in [0.15, 0.2) is 29.0 Å². The number of anilines is 1. The largest absolute Gasteiger partial charge is 0.508 e. The van der Waals surface area contributed by atoms with Gasteiger partial charge in [-0.05, 0) is 50.9 Å². The minimum atomic E-state index is -2.70. The lowest BCUT2D eigenvalue weighted by molar-refractivity contribution is -0.153. The molecule has 0 saturated heterocycles. The van der Waals surface area contributed by atoms with E-state index in [4.69, 9.17) is 5.73 Å². The molecule has 5 atom stereocenters. The summed E-state index contributed by atoms with van der Waals surface area (Å²) in [6, 6.07) is 1.97. The highest BCUT2D eigenvalue weighted by Gasteiger charge is 2.64. The van der Waals surface area contributed by atoms with Gasteiger partial charge in [-0.15, -0.1) is 0 Å². The number of aliphatic hydroxyl groups excluding tert-OH is 2. The molecule has 1 aromatic rings. The number of carbonyl (C=O) groups is 4. The number of nitrogens with one attached hydrogen (secondary N) is 1. The number of hydrogen-bond acceptors (Lipinski definition) is 9. The summed E-state index contributed by atoms with van der Waals surface area (Å²) in [5.41, 5.74) is 1.95. The van der Waals surface area contributed by atoms with Gasteiger partial charge in [0.2, 0.25) is 11.7 Å². The molecule has 0 aromatic heterocycles. The van der Waals surface area contributed by atoms with E-state index in [1.54, 1.807) is 20.2 Å². The van der Waals surface area contributed by atoms with Crippen LogP contribution in [-0.4, -0.2) is 79.3 Å². The number of halogens is 1. The molecule has 11 nitrogen and oxygen atoms in total. The predicted octanol–water partition coefficient (Wildman–Crippen LogP) is 1.47. The van der Waals surface area contributed by atoms with Crippen molar-refractivity contribution >= 4 is 50.8 Å². The van der Waals surface area contributed by atoms with Crippen LogP contribution in [0.1, 0.15) is 37.3 Å².